The molecular formula is C14H21N3O4S. The summed E-state index contributed by atoms with van der Waals surface area (Å²) in [7, 11) is -0.652. The molecular weight excluding hydrogens is 306 g/mol. The molecule has 0 saturated carbocycles. The van der Waals surface area contributed by atoms with Crippen LogP contribution in [0.25, 0.3) is 0 Å². The van der Waals surface area contributed by atoms with E-state index in [1.165, 1.54) is 14.1 Å². The normalized spacial score (nSPS) is 19.3. The molecule has 0 radical (unpaired) electrons. The highest BCUT2D eigenvalue weighted by atomic mass is 32.2. The number of hydrogen-bond acceptors (Lipinski definition) is 4. The van der Waals surface area contributed by atoms with Crippen LogP contribution in [0.2, 0.25) is 0 Å². The predicted octanol–water partition coefficient (Wildman–Crippen LogP) is 0.766. The molecule has 1 atom stereocenters. The summed E-state index contributed by atoms with van der Waals surface area (Å²) in [5.41, 5.74) is 0.947. The second kappa shape index (κ2) is 6.64. The zero-order valence-electron chi connectivity index (χ0n) is 12.9. The highest BCUT2D eigenvalue weighted by Crippen LogP contribution is 2.15. The molecule has 1 aromatic carbocycles. The Morgan fingerprint density at radius 3 is 2.50 bits per heavy atom. The van der Waals surface area contributed by atoms with Crippen molar-refractivity contribution < 1.29 is 17.9 Å². The van der Waals surface area contributed by atoms with E-state index in [0.717, 1.165) is 4.31 Å². The van der Waals surface area contributed by atoms with Crippen LogP contribution in [0.15, 0.2) is 24.3 Å². The monoisotopic (exact) mass is 327 g/mol. The van der Waals surface area contributed by atoms with Crippen molar-refractivity contribution in [3.63, 3.8) is 0 Å². The molecule has 0 bridgehead atoms. The third kappa shape index (κ3) is 3.96. The summed E-state index contributed by atoms with van der Waals surface area (Å²) < 4.78 is 32.4. The first-order chi connectivity index (χ1) is 10.3. The standard InChI is InChI=1S/C14H21N3O4S/c1-11-10-17(8-9-21-11)14(18)12-4-6-13(7-5-12)15-22(19,20)16(2)3/h4-7,11,15H,8-10H2,1-3H3. The summed E-state index contributed by atoms with van der Waals surface area (Å²) in [4.78, 5) is 14.1. The van der Waals surface area contributed by atoms with Crippen LogP contribution in [0.3, 0.4) is 0 Å². The van der Waals surface area contributed by atoms with E-state index in [0.29, 0.717) is 30.9 Å². The van der Waals surface area contributed by atoms with Crippen molar-refractivity contribution >= 4 is 21.8 Å². The molecule has 122 valence electrons. The van der Waals surface area contributed by atoms with E-state index < -0.39 is 10.2 Å². The minimum atomic E-state index is -3.54. The number of morpholine rings is 1. The Morgan fingerprint density at radius 2 is 1.95 bits per heavy atom. The molecule has 0 spiro atoms. The van der Waals surface area contributed by atoms with E-state index in [4.69, 9.17) is 4.74 Å². The van der Waals surface area contributed by atoms with Crippen molar-refractivity contribution in [1.82, 2.24) is 9.21 Å². The lowest BCUT2D eigenvalue weighted by atomic mass is 10.1. The van der Waals surface area contributed by atoms with Crippen molar-refractivity contribution in [2.75, 3.05) is 38.5 Å². The third-order valence-electron chi connectivity index (χ3n) is 3.39. The van der Waals surface area contributed by atoms with E-state index in [1.807, 2.05) is 6.92 Å². The van der Waals surface area contributed by atoms with Crippen LogP contribution < -0.4 is 4.72 Å². The maximum absolute atomic E-state index is 12.4. The maximum Gasteiger partial charge on any atom is 0.301 e. The molecule has 1 amide bonds. The van der Waals surface area contributed by atoms with Crippen molar-refractivity contribution in [1.29, 1.82) is 0 Å². The van der Waals surface area contributed by atoms with Crippen molar-refractivity contribution in [2.45, 2.75) is 13.0 Å². The van der Waals surface area contributed by atoms with E-state index >= 15 is 0 Å². The fraction of sp³-hybridized carbons (Fsp3) is 0.500. The van der Waals surface area contributed by atoms with E-state index in [2.05, 4.69) is 4.72 Å². The number of rotatable bonds is 4. The summed E-state index contributed by atoms with van der Waals surface area (Å²) in [5, 5.41) is 0. The van der Waals surface area contributed by atoms with Gasteiger partial charge in [0.05, 0.1) is 12.7 Å². The van der Waals surface area contributed by atoms with Crippen LogP contribution in [0.5, 0.6) is 0 Å². The van der Waals surface area contributed by atoms with Gasteiger partial charge < -0.3 is 9.64 Å². The van der Waals surface area contributed by atoms with Crippen LogP contribution in [0.4, 0.5) is 5.69 Å². The molecule has 7 nitrogen and oxygen atoms in total. The van der Waals surface area contributed by atoms with E-state index in [1.54, 1.807) is 29.2 Å². The lowest BCUT2D eigenvalue weighted by molar-refractivity contribution is -0.0124. The van der Waals surface area contributed by atoms with Crippen LogP contribution >= 0.6 is 0 Å². The molecule has 1 aliphatic rings. The Kier molecular flexibility index (Phi) is 5.05. The Morgan fingerprint density at radius 1 is 1.32 bits per heavy atom. The topological polar surface area (TPSA) is 79.0 Å². The first-order valence-electron chi connectivity index (χ1n) is 7.01. The molecule has 1 unspecified atom stereocenters. The summed E-state index contributed by atoms with van der Waals surface area (Å²) in [6.45, 7) is 3.60. The second-order valence-corrected chi connectivity index (χ2v) is 7.28. The minimum absolute atomic E-state index is 0.0314. The number of carbonyl (C=O) groups excluding carboxylic acids is 1. The smallest absolute Gasteiger partial charge is 0.301 e. The molecule has 1 heterocycles. The van der Waals surface area contributed by atoms with Gasteiger partial charge in [-0.15, -0.1) is 0 Å². The first kappa shape index (κ1) is 16.7. The average molecular weight is 327 g/mol. The lowest BCUT2D eigenvalue weighted by Crippen LogP contribution is -2.44. The molecule has 8 heteroatoms. The van der Waals surface area contributed by atoms with Gasteiger partial charge in [-0.25, -0.2) is 0 Å². The summed E-state index contributed by atoms with van der Waals surface area (Å²) >= 11 is 0. The number of anilines is 1. The highest BCUT2D eigenvalue weighted by Gasteiger charge is 2.22. The van der Waals surface area contributed by atoms with Gasteiger partial charge in [0.1, 0.15) is 0 Å². The van der Waals surface area contributed by atoms with Crippen LogP contribution in [0, 0.1) is 0 Å². The fourth-order valence-corrected chi connectivity index (χ4v) is 2.72. The number of carbonyl (C=O) groups is 1. The number of ether oxygens (including phenoxy) is 1. The number of hydrogen-bond donors (Lipinski definition) is 1. The molecule has 2 rings (SSSR count). The van der Waals surface area contributed by atoms with Crippen molar-refractivity contribution in [3.8, 4) is 0 Å². The van der Waals surface area contributed by atoms with Crippen LogP contribution in [-0.2, 0) is 14.9 Å². The quantitative estimate of drug-likeness (QED) is 0.886. The summed E-state index contributed by atoms with van der Waals surface area (Å²) in [6, 6.07) is 6.41. The molecule has 22 heavy (non-hydrogen) atoms. The number of nitrogens with one attached hydrogen (secondary N) is 1. The molecule has 0 aliphatic carbocycles. The van der Waals surface area contributed by atoms with Crippen molar-refractivity contribution in [2.24, 2.45) is 0 Å². The minimum Gasteiger partial charge on any atom is -0.375 e. The molecule has 1 aliphatic heterocycles. The van der Waals surface area contributed by atoms with Gasteiger partial charge in [-0.1, -0.05) is 0 Å². The van der Waals surface area contributed by atoms with E-state index in [9.17, 15) is 13.2 Å². The SMILES string of the molecule is CC1CN(C(=O)c2ccc(NS(=O)(=O)N(C)C)cc2)CCO1. The second-order valence-electron chi connectivity index (χ2n) is 5.40. The maximum atomic E-state index is 12.4. The number of benzene rings is 1. The zero-order chi connectivity index (χ0) is 16.3. The summed E-state index contributed by atoms with van der Waals surface area (Å²) in [6.07, 6.45) is 0.0314. The molecule has 1 saturated heterocycles. The Balaban J connectivity index is 2.07. The highest BCUT2D eigenvalue weighted by molar-refractivity contribution is 7.90. The van der Waals surface area contributed by atoms with E-state index in [-0.39, 0.29) is 12.0 Å². The molecule has 1 N–H and O–H groups in total. The van der Waals surface area contributed by atoms with Gasteiger partial charge in [-0.2, -0.15) is 12.7 Å². The van der Waals surface area contributed by atoms with Gasteiger partial charge >= 0.3 is 10.2 Å². The van der Waals surface area contributed by atoms with Crippen molar-refractivity contribution in [3.05, 3.63) is 29.8 Å². The fourth-order valence-electron chi connectivity index (χ4n) is 2.11. The van der Waals surface area contributed by atoms with Gasteiger partial charge in [0.25, 0.3) is 5.91 Å². The Labute approximate surface area is 131 Å². The Bertz CT molecular complexity index is 628. The summed E-state index contributed by atoms with van der Waals surface area (Å²) in [5.74, 6) is -0.0721. The molecule has 1 fully saturated rings. The van der Waals surface area contributed by atoms with Gasteiger partial charge in [-0.3, -0.25) is 9.52 Å². The Hall–Kier alpha value is -1.64. The third-order valence-corrected chi connectivity index (χ3v) is 4.84. The zero-order valence-corrected chi connectivity index (χ0v) is 13.8. The van der Waals surface area contributed by atoms with Crippen LogP contribution in [0.1, 0.15) is 17.3 Å². The lowest BCUT2D eigenvalue weighted by Gasteiger charge is -2.31. The molecule has 0 aromatic heterocycles. The number of nitrogens with zero attached hydrogens (tertiary/aromatic N) is 2. The van der Waals surface area contributed by atoms with Gasteiger partial charge in [-0.05, 0) is 31.2 Å². The number of amides is 1. The predicted molar refractivity (Wildman–Crippen MR) is 84.0 cm³/mol. The van der Waals surface area contributed by atoms with Gasteiger partial charge in [0.2, 0.25) is 0 Å². The first-order valence-corrected chi connectivity index (χ1v) is 8.45. The largest absolute Gasteiger partial charge is 0.375 e. The van der Waals surface area contributed by atoms with Gasteiger partial charge in [0, 0.05) is 38.4 Å². The average Bonchev–Trinajstić information content (AvgIpc) is 2.47. The van der Waals surface area contributed by atoms with Gasteiger partial charge in [0.15, 0.2) is 0 Å². The van der Waals surface area contributed by atoms with Crippen LogP contribution in [-0.4, -0.2) is 63.4 Å². The molecule has 1 aromatic rings.